The van der Waals surface area contributed by atoms with E-state index < -0.39 is 17.7 Å². The second kappa shape index (κ2) is 9.08. The van der Waals surface area contributed by atoms with Gasteiger partial charge in [0, 0.05) is 5.02 Å². The van der Waals surface area contributed by atoms with Gasteiger partial charge in [0.25, 0.3) is 0 Å². The maximum absolute atomic E-state index is 13.8. The van der Waals surface area contributed by atoms with Crippen LogP contribution in [0.2, 0.25) is 5.02 Å². The van der Waals surface area contributed by atoms with Crippen molar-refractivity contribution in [1.82, 2.24) is 0 Å². The Labute approximate surface area is 156 Å². The summed E-state index contributed by atoms with van der Waals surface area (Å²) in [5.74, 6) is -0.458. The van der Waals surface area contributed by atoms with Crippen LogP contribution in [-0.2, 0) is 9.53 Å². The van der Waals surface area contributed by atoms with Crippen LogP contribution in [-0.4, -0.2) is 65.6 Å². The Morgan fingerprint density at radius 2 is 2.00 bits per heavy atom. The molecule has 1 N–H and O–H groups in total. The van der Waals surface area contributed by atoms with Crippen LogP contribution in [0.1, 0.15) is 25.7 Å². The van der Waals surface area contributed by atoms with Gasteiger partial charge in [-0.2, -0.15) is 0 Å². The first-order valence-corrected chi connectivity index (χ1v) is 7.32. The van der Waals surface area contributed by atoms with Gasteiger partial charge in [-0.1, -0.05) is 18.0 Å². The summed E-state index contributed by atoms with van der Waals surface area (Å²) in [5, 5.41) is 9.52. The van der Waals surface area contributed by atoms with Gasteiger partial charge in [0.05, 0.1) is 13.2 Å². The molecule has 0 spiro atoms. The molecule has 118 valence electrons. The van der Waals surface area contributed by atoms with Gasteiger partial charge >= 0.3 is 35.5 Å². The first-order valence-electron chi connectivity index (χ1n) is 6.94. The summed E-state index contributed by atoms with van der Waals surface area (Å²) >= 11 is 5.76. The topological polar surface area (TPSA) is 59.1 Å². The first-order chi connectivity index (χ1) is 10.0. The SMILES string of the molecule is O=C(O)C1(C(F)CCCCCOc2ccc(Cl)cc2)CO1.[NaH]. The molecular formula is C15H19ClFNaO4. The van der Waals surface area contributed by atoms with Crippen LogP contribution in [0.25, 0.3) is 0 Å². The van der Waals surface area contributed by atoms with E-state index in [0.717, 1.165) is 18.6 Å². The molecule has 0 saturated carbocycles. The first kappa shape index (κ1) is 19.7. The van der Waals surface area contributed by atoms with Crippen molar-refractivity contribution in [3.05, 3.63) is 29.3 Å². The molecule has 1 aromatic carbocycles. The summed E-state index contributed by atoms with van der Waals surface area (Å²) in [6, 6.07) is 7.10. The Morgan fingerprint density at radius 1 is 1.36 bits per heavy atom. The van der Waals surface area contributed by atoms with E-state index in [1.165, 1.54) is 0 Å². The van der Waals surface area contributed by atoms with Crippen LogP contribution in [0.4, 0.5) is 4.39 Å². The number of unbranched alkanes of at least 4 members (excludes halogenated alkanes) is 2. The van der Waals surface area contributed by atoms with Crippen molar-refractivity contribution in [3.63, 3.8) is 0 Å². The number of hydrogen-bond donors (Lipinski definition) is 1. The summed E-state index contributed by atoms with van der Waals surface area (Å²) in [4.78, 5) is 10.8. The Balaban J connectivity index is 0.00000242. The van der Waals surface area contributed by atoms with E-state index in [9.17, 15) is 9.18 Å². The molecule has 4 nitrogen and oxygen atoms in total. The minimum absolute atomic E-state index is 0. The molecule has 1 aromatic rings. The summed E-state index contributed by atoms with van der Waals surface area (Å²) in [6.07, 6.45) is 0.948. The van der Waals surface area contributed by atoms with Crippen LogP contribution >= 0.6 is 11.6 Å². The quantitative estimate of drug-likeness (QED) is 0.426. The summed E-state index contributed by atoms with van der Waals surface area (Å²) < 4.78 is 24.0. The molecule has 0 bridgehead atoms. The number of carboxylic acids is 1. The Kier molecular flexibility index (Phi) is 8.14. The molecule has 2 rings (SSSR count). The third-order valence-corrected chi connectivity index (χ3v) is 3.76. The van der Waals surface area contributed by atoms with Crippen LogP contribution < -0.4 is 4.74 Å². The van der Waals surface area contributed by atoms with Crippen molar-refractivity contribution in [2.45, 2.75) is 37.5 Å². The van der Waals surface area contributed by atoms with Crippen molar-refractivity contribution < 1.29 is 23.8 Å². The van der Waals surface area contributed by atoms with Gasteiger partial charge in [-0.05, 0) is 43.5 Å². The van der Waals surface area contributed by atoms with E-state index in [1.54, 1.807) is 24.3 Å². The van der Waals surface area contributed by atoms with Crippen molar-refractivity contribution >= 4 is 47.1 Å². The Bertz CT molecular complexity index is 479. The van der Waals surface area contributed by atoms with Gasteiger partial charge in [0.2, 0.25) is 5.60 Å². The molecule has 7 heteroatoms. The summed E-state index contributed by atoms with van der Waals surface area (Å²) in [5.41, 5.74) is -1.57. The number of rotatable bonds is 9. The number of benzene rings is 1. The average molecular weight is 341 g/mol. The molecule has 1 aliphatic heterocycles. The van der Waals surface area contributed by atoms with Crippen LogP contribution in [0, 0.1) is 0 Å². The maximum atomic E-state index is 13.8. The molecule has 22 heavy (non-hydrogen) atoms. The Hall–Kier alpha value is -0.330. The summed E-state index contributed by atoms with van der Waals surface area (Å²) in [7, 11) is 0. The zero-order chi connectivity index (χ0) is 15.3. The molecule has 1 aliphatic rings. The fourth-order valence-corrected chi connectivity index (χ4v) is 2.20. The van der Waals surface area contributed by atoms with Crippen LogP contribution in [0.3, 0.4) is 0 Å². The second-order valence-corrected chi connectivity index (χ2v) is 5.54. The van der Waals surface area contributed by atoms with Gasteiger partial charge in [-0.15, -0.1) is 0 Å². The molecule has 1 heterocycles. The number of ether oxygens (including phenoxy) is 2. The van der Waals surface area contributed by atoms with Gasteiger partial charge in [-0.3, -0.25) is 0 Å². The van der Waals surface area contributed by atoms with Crippen molar-refractivity contribution in [3.8, 4) is 5.75 Å². The molecule has 0 aliphatic carbocycles. The van der Waals surface area contributed by atoms with E-state index in [4.69, 9.17) is 26.2 Å². The van der Waals surface area contributed by atoms with Gasteiger partial charge in [-0.25, -0.2) is 9.18 Å². The number of aliphatic carboxylic acids is 1. The van der Waals surface area contributed by atoms with Crippen LogP contribution in [0.5, 0.6) is 5.75 Å². The van der Waals surface area contributed by atoms with Crippen molar-refractivity contribution in [2.24, 2.45) is 0 Å². The fourth-order valence-electron chi connectivity index (χ4n) is 2.07. The van der Waals surface area contributed by atoms with Crippen LogP contribution in [0.15, 0.2) is 24.3 Å². The predicted octanol–water partition coefficient (Wildman–Crippen LogP) is 2.82. The number of alkyl halides is 1. The number of carbonyl (C=O) groups is 1. The standard InChI is InChI=1S/C15H18ClFO4.Na.H/c16-11-5-7-12(8-6-11)20-9-3-1-2-4-13(17)15(10-21-15)14(18)19;;/h5-8,13H,1-4,9-10H2,(H,18,19);;. The zero-order valence-electron chi connectivity index (χ0n) is 11.6. The normalized spacial score (nSPS) is 20.8. The van der Waals surface area contributed by atoms with Gasteiger partial charge in [0.15, 0.2) is 0 Å². The molecule has 0 aromatic heterocycles. The molecule has 0 amide bonds. The fraction of sp³-hybridized carbons (Fsp3) is 0.533. The van der Waals surface area contributed by atoms with E-state index in [1.807, 2.05) is 0 Å². The third kappa shape index (κ3) is 5.39. The van der Waals surface area contributed by atoms with Gasteiger partial charge in [0.1, 0.15) is 11.9 Å². The van der Waals surface area contributed by atoms with E-state index in [2.05, 4.69) is 0 Å². The Morgan fingerprint density at radius 3 is 2.55 bits per heavy atom. The second-order valence-electron chi connectivity index (χ2n) is 5.10. The minimum atomic E-state index is -1.57. The van der Waals surface area contributed by atoms with Crippen molar-refractivity contribution in [1.29, 1.82) is 0 Å². The van der Waals surface area contributed by atoms with E-state index in [0.29, 0.717) is 18.1 Å². The van der Waals surface area contributed by atoms with Crippen molar-refractivity contribution in [2.75, 3.05) is 13.2 Å². The monoisotopic (exact) mass is 340 g/mol. The van der Waals surface area contributed by atoms with E-state index >= 15 is 0 Å². The molecular weight excluding hydrogens is 322 g/mol. The average Bonchev–Trinajstić information content (AvgIpc) is 3.26. The van der Waals surface area contributed by atoms with Gasteiger partial charge < -0.3 is 14.6 Å². The molecule has 1 fully saturated rings. The number of halogens is 2. The van der Waals surface area contributed by atoms with E-state index in [-0.39, 0.29) is 42.6 Å². The molecule has 2 atom stereocenters. The summed E-state index contributed by atoms with van der Waals surface area (Å²) in [6.45, 7) is 0.516. The third-order valence-electron chi connectivity index (χ3n) is 3.51. The predicted molar refractivity (Wildman–Crippen MR) is 83.8 cm³/mol. The zero-order valence-corrected chi connectivity index (χ0v) is 12.3. The molecule has 0 radical (unpaired) electrons. The number of hydrogen-bond acceptors (Lipinski definition) is 3. The number of epoxide rings is 1. The number of carboxylic acid groups (broad SMARTS) is 1. The molecule has 1 saturated heterocycles. The molecule has 2 unspecified atom stereocenters.